The first-order chi connectivity index (χ1) is 13.9. The summed E-state index contributed by atoms with van der Waals surface area (Å²) < 4.78 is 27.5. The summed E-state index contributed by atoms with van der Waals surface area (Å²) in [6.45, 7) is 4.05. The number of sulfonamides is 1. The number of hydrogen-bond acceptors (Lipinski definition) is 4. The minimum Gasteiger partial charge on any atom is -0.378 e. The number of benzene rings is 2. The maximum Gasteiger partial charge on any atom is 0.214 e. The van der Waals surface area contributed by atoms with Crippen molar-refractivity contribution in [3.8, 4) is 0 Å². The standard InChI is InChI=1S/C23H33N3O2S/c1-17(2)29(27,28)26-23-10-6-9-21(23)18-11-13-20(14-12-18)25-22(15-16-24)19-7-4-3-5-8-19/h3-5,7-8,11-14,17,21-23,25-26H,6,9-10,15-16,24H2,1-2H3. The van der Waals surface area contributed by atoms with Crippen LogP contribution in [0, 0.1) is 0 Å². The average molecular weight is 416 g/mol. The van der Waals surface area contributed by atoms with Gasteiger partial charge in [-0.25, -0.2) is 13.1 Å². The van der Waals surface area contributed by atoms with Crippen LogP contribution in [0.4, 0.5) is 5.69 Å². The summed E-state index contributed by atoms with van der Waals surface area (Å²) in [5.41, 5.74) is 9.28. The van der Waals surface area contributed by atoms with Gasteiger partial charge in [-0.05, 0) is 62.9 Å². The summed E-state index contributed by atoms with van der Waals surface area (Å²) in [5, 5.41) is 3.18. The molecule has 3 unspecified atom stereocenters. The third-order valence-corrected chi connectivity index (χ3v) is 7.66. The zero-order valence-corrected chi connectivity index (χ0v) is 18.2. The summed E-state index contributed by atoms with van der Waals surface area (Å²) >= 11 is 0. The Balaban J connectivity index is 1.70. The molecule has 1 aliphatic rings. The Hall–Kier alpha value is -1.89. The average Bonchev–Trinajstić information content (AvgIpc) is 3.16. The Bertz CT molecular complexity index is 867. The Kier molecular flexibility index (Phi) is 7.33. The van der Waals surface area contributed by atoms with Crippen LogP contribution in [0.25, 0.3) is 0 Å². The highest BCUT2D eigenvalue weighted by molar-refractivity contribution is 7.90. The second-order valence-corrected chi connectivity index (χ2v) is 10.4. The van der Waals surface area contributed by atoms with Crippen molar-refractivity contribution >= 4 is 15.7 Å². The second-order valence-electron chi connectivity index (χ2n) is 8.16. The van der Waals surface area contributed by atoms with Crippen LogP contribution in [-0.2, 0) is 10.0 Å². The van der Waals surface area contributed by atoms with Crippen LogP contribution >= 0.6 is 0 Å². The van der Waals surface area contributed by atoms with Gasteiger partial charge in [0.1, 0.15) is 0 Å². The van der Waals surface area contributed by atoms with Crippen LogP contribution in [0.5, 0.6) is 0 Å². The largest absolute Gasteiger partial charge is 0.378 e. The van der Waals surface area contributed by atoms with Gasteiger partial charge in [0.25, 0.3) is 0 Å². The molecule has 3 rings (SSSR count). The van der Waals surface area contributed by atoms with Crippen LogP contribution in [0.15, 0.2) is 54.6 Å². The van der Waals surface area contributed by atoms with E-state index in [2.05, 4.69) is 46.4 Å². The lowest BCUT2D eigenvalue weighted by Crippen LogP contribution is -2.40. The maximum absolute atomic E-state index is 12.3. The number of nitrogens with two attached hydrogens (primary N) is 1. The molecular weight excluding hydrogens is 382 g/mol. The first-order valence-corrected chi connectivity index (χ1v) is 12.1. The fourth-order valence-corrected chi connectivity index (χ4v) is 5.03. The SMILES string of the molecule is CC(C)S(=O)(=O)NC1CCCC1c1ccc(NC(CCN)c2ccccc2)cc1. The van der Waals surface area contributed by atoms with Crippen LogP contribution in [0.2, 0.25) is 0 Å². The fraction of sp³-hybridized carbons (Fsp3) is 0.478. The summed E-state index contributed by atoms with van der Waals surface area (Å²) in [6, 6.07) is 18.9. The Morgan fingerprint density at radius 2 is 1.72 bits per heavy atom. The molecule has 0 spiro atoms. The Morgan fingerprint density at radius 3 is 2.34 bits per heavy atom. The Labute approximate surface area is 175 Å². The summed E-state index contributed by atoms with van der Waals surface area (Å²) in [7, 11) is -3.26. The lowest BCUT2D eigenvalue weighted by molar-refractivity contribution is 0.519. The molecule has 0 heterocycles. The number of nitrogens with one attached hydrogen (secondary N) is 2. The molecule has 3 atom stereocenters. The first-order valence-electron chi connectivity index (χ1n) is 10.5. The van der Waals surface area contributed by atoms with Crippen molar-refractivity contribution in [1.29, 1.82) is 0 Å². The topological polar surface area (TPSA) is 84.2 Å². The van der Waals surface area contributed by atoms with Crippen molar-refractivity contribution in [2.24, 2.45) is 5.73 Å². The van der Waals surface area contributed by atoms with Crippen molar-refractivity contribution < 1.29 is 8.42 Å². The molecule has 0 aromatic heterocycles. The van der Waals surface area contributed by atoms with Gasteiger partial charge in [0.05, 0.1) is 11.3 Å². The van der Waals surface area contributed by atoms with E-state index in [4.69, 9.17) is 5.73 Å². The molecular formula is C23H33N3O2S. The van der Waals surface area contributed by atoms with Crippen LogP contribution in [-0.4, -0.2) is 26.3 Å². The van der Waals surface area contributed by atoms with E-state index in [1.807, 2.05) is 18.2 Å². The molecule has 4 N–H and O–H groups in total. The van der Waals surface area contributed by atoms with E-state index >= 15 is 0 Å². The monoisotopic (exact) mass is 415 g/mol. The first kappa shape index (κ1) is 21.8. The van der Waals surface area contributed by atoms with Crippen molar-refractivity contribution in [3.63, 3.8) is 0 Å². The van der Waals surface area contributed by atoms with Crippen molar-refractivity contribution in [2.45, 2.75) is 62.8 Å². The lowest BCUT2D eigenvalue weighted by atomic mass is 9.94. The fourth-order valence-electron chi connectivity index (χ4n) is 4.05. The van der Waals surface area contributed by atoms with Gasteiger partial charge in [0.15, 0.2) is 0 Å². The minimum atomic E-state index is -3.26. The zero-order chi connectivity index (χ0) is 20.9. The molecule has 0 amide bonds. The molecule has 1 saturated carbocycles. The highest BCUT2D eigenvalue weighted by Gasteiger charge is 2.32. The molecule has 2 aromatic rings. The van der Waals surface area contributed by atoms with Gasteiger partial charge in [0.2, 0.25) is 10.0 Å². The summed E-state index contributed by atoms with van der Waals surface area (Å²) in [4.78, 5) is 0. The van der Waals surface area contributed by atoms with Gasteiger partial charge in [0, 0.05) is 17.6 Å². The molecule has 158 valence electrons. The maximum atomic E-state index is 12.3. The van der Waals surface area contributed by atoms with E-state index in [0.29, 0.717) is 6.54 Å². The van der Waals surface area contributed by atoms with Gasteiger partial charge in [-0.1, -0.05) is 48.9 Å². The Morgan fingerprint density at radius 1 is 1.03 bits per heavy atom. The predicted octanol–water partition coefficient (Wildman–Crippen LogP) is 4.15. The van der Waals surface area contributed by atoms with Crippen molar-refractivity contribution in [3.05, 3.63) is 65.7 Å². The highest BCUT2D eigenvalue weighted by atomic mass is 32.2. The molecule has 1 fully saturated rings. The van der Waals surface area contributed by atoms with E-state index in [1.165, 1.54) is 11.1 Å². The minimum absolute atomic E-state index is 0.0180. The molecule has 0 aliphatic heterocycles. The normalized spacial score (nSPS) is 20.7. The van der Waals surface area contributed by atoms with Crippen LogP contribution in [0.3, 0.4) is 0 Å². The molecule has 29 heavy (non-hydrogen) atoms. The molecule has 1 aliphatic carbocycles. The second kappa shape index (κ2) is 9.74. The van der Waals surface area contributed by atoms with E-state index in [9.17, 15) is 8.42 Å². The van der Waals surface area contributed by atoms with Gasteiger partial charge in [-0.3, -0.25) is 0 Å². The molecule has 2 aromatic carbocycles. The number of hydrogen-bond donors (Lipinski definition) is 3. The third kappa shape index (κ3) is 5.59. The van der Waals surface area contributed by atoms with Gasteiger partial charge >= 0.3 is 0 Å². The van der Waals surface area contributed by atoms with Gasteiger partial charge < -0.3 is 11.1 Å². The molecule has 5 nitrogen and oxygen atoms in total. The summed E-state index contributed by atoms with van der Waals surface area (Å²) in [6.07, 6.45) is 3.80. The number of rotatable bonds is 9. The van der Waals surface area contributed by atoms with Crippen molar-refractivity contribution in [2.75, 3.05) is 11.9 Å². The lowest BCUT2D eigenvalue weighted by Gasteiger charge is -2.24. The van der Waals surface area contributed by atoms with E-state index < -0.39 is 15.3 Å². The zero-order valence-electron chi connectivity index (χ0n) is 17.3. The molecule has 6 heteroatoms. The predicted molar refractivity (Wildman–Crippen MR) is 120 cm³/mol. The number of anilines is 1. The molecule has 0 radical (unpaired) electrons. The highest BCUT2D eigenvalue weighted by Crippen LogP contribution is 2.36. The van der Waals surface area contributed by atoms with Crippen LogP contribution in [0.1, 0.15) is 62.6 Å². The van der Waals surface area contributed by atoms with E-state index in [-0.39, 0.29) is 18.0 Å². The van der Waals surface area contributed by atoms with Gasteiger partial charge in [-0.2, -0.15) is 0 Å². The van der Waals surface area contributed by atoms with Gasteiger partial charge in [-0.15, -0.1) is 0 Å². The molecule has 0 saturated heterocycles. The quantitative estimate of drug-likeness (QED) is 0.574. The van der Waals surface area contributed by atoms with E-state index in [1.54, 1.807) is 13.8 Å². The third-order valence-electron chi connectivity index (χ3n) is 5.79. The molecule has 0 bridgehead atoms. The summed E-state index contributed by atoms with van der Waals surface area (Å²) in [5.74, 6) is 0.228. The van der Waals surface area contributed by atoms with E-state index in [0.717, 1.165) is 31.4 Å². The van der Waals surface area contributed by atoms with Crippen LogP contribution < -0.4 is 15.8 Å². The smallest absolute Gasteiger partial charge is 0.214 e. The van der Waals surface area contributed by atoms with Crippen molar-refractivity contribution in [1.82, 2.24) is 4.72 Å².